The minimum atomic E-state index is -1.28. The lowest BCUT2D eigenvalue weighted by atomic mass is 10.2. The first-order valence-corrected chi connectivity index (χ1v) is 4.99. The Morgan fingerprint density at radius 2 is 1.83 bits per heavy atom. The zero-order valence-electron chi connectivity index (χ0n) is 9.20. The van der Waals surface area contributed by atoms with Crippen LogP contribution in [0.1, 0.15) is 21.0 Å². The predicted octanol–water partition coefficient (Wildman–Crippen LogP) is 0.252. The zero-order chi connectivity index (χ0) is 13.3. The van der Waals surface area contributed by atoms with E-state index in [9.17, 15) is 9.59 Å². The summed E-state index contributed by atoms with van der Waals surface area (Å²) in [5.74, 6) is -2.15. The highest BCUT2D eigenvalue weighted by molar-refractivity contribution is 6.02. The number of carboxylic acids is 1. The Morgan fingerprint density at radius 1 is 1.22 bits per heavy atom. The van der Waals surface area contributed by atoms with Crippen molar-refractivity contribution >= 4 is 17.6 Å². The van der Waals surface area contributed by atoms with Crippen LogP contribution in [-0.2, 0) is 0 Å². The highest BCUT2D eigenvalue weighted by Crippen LogP contribution is 2.20. The summed E-state index contributed by atoms with van der Waals surface area (Å²) in [7, 11) is 0. The van der Waals surface area contributed by atoms with Gasteiger partial charge >= 0.3 is 5.97 Å². The average molecular weight is 246 g/mol. The molecule has 5 N–H and O–H groups in total. The van der Waals surface area contributed by atoms with Gasteiger partial charge in [0.1, 0.15) is 0 Å². The molecule has 2 rings (SSSR count). The van der Waals surface area contributed by atoms with Crippen LogP contribution >= 0.6 is 0 Å². The molecule has 18 heavy (non-hydrogen) atoms. The highest BCUT2D eigenvalue weighted by atomic mass is 16.4. The van der Waals surface area contributed by atoms with Crippen molar-refractivity contribution in [3.8, 4) is 5.69 Å². The van der Waals surface area contributed by atoms with Crippen molar-refractivity contribution < 1.29 is 14.7 Å². The van der Waals surface area contributed by atoms with E-state index < -0.39 is 11.9 Å². The number of rotatable bonds is 3. The third-order valence-corrected chi connectivity index (χ3v) is 2.36. The second-order valence-electron chi connectivity index (χ2n) is 3.53. The topological polar surface area (TPSA) is 124 Å². The van der Waals surface area contributed by atoms with E-state index in [4.69, 9.17) is 16.6 Å². The van der Waals surface area contributed by atoms with Crippen molar-refractivity contribution in [2.45, 2.75) is 0 Å². The van der Waals surface area contributed by atoms with Crippen LogP contribution in [0.2, 0.25) is 0 Å². The third kappa shape index (κ3) is 1.77. The van der Waals surface area contributed by atoms with Gasteiger partial charge in [-0.15, -0.1) is 0 Å². The molecule has 0 atom stereocenters. The van der Waals surface area contributed by atoms with Crippen LogP contribution in [0.25, 0.3) is 5.69 Å². The molecule has 0 saturated heterocycles. The number of hydrogen-bond donors (Lipinski definition) is 3. The van der Waals surface area contributed by atoms with Gasteiger partial charge < -0.3 is 16.6 Å². The molecule has 1 aromatic heterocycles. The van der Waals surface area contributed by atoms with E-state index in [1.54, 1.807) is 30.3 Å². The fourth-order valence-corrected chi connectivity index (χ4v) is 1.57. The quantitative estimate of drug-likeness (QED) is 0.716. The number of para-hydroxylation sites is 1. The number of hydrogen-bond acceptors (Lipinski definition) is 4. The van der Waals surface area contributed by atoms with Crippen molar-refractivity contribution in [3.63, 3.8) is 0 Å². The van der Waals surface area contributed by atoms with Crippen molar-refractivity contribution in [1.82, 2.24) is 9.78 Å². The van der Waals surface area contributed by atoms with Gasteiger partial charge in [-0.1, -0.05) is 18.2 Å². The minimum absolute atomic E-state index is 0.237. The van der Waals surface area contributed by atoms with E-state index >= 15 is 0 Å². The maximum absolute atomic E-state index is 11.2. The molecule has 0 spiro atoms. The van der Waals surface area contributed by atoms with E-state index in [-0.39, 0.29) is 17.1 Å². The van der Waals surface area contributed by atoms with Gasteiger partial charge in [0.15, 0.2) is 11.4 Å². The molecular weight excluding hydrogens is 236 g/mol. The predicted molar refractivity (Wildman–Crippen MR) is 63.5 cm³/mol. The number of aromatic nitrogens is 2. The molecule has 1 aromatic carbocycles. The van der Waals surface area contributed by atoms with Crippen LogP contribution in [0.4, 0.5) is 5.69 Å². The SMILES string of the molecule is NC(=O)c1nn(-c2ccccc2)c(C(=O)O)c1N. The molecule has 7 nitrogen and oxygen atoms in total. The highest BCUT2D eigenvalue weighted by Gasteiger charge is 2.24. The first kappa shape index (κ1) is 11.6. The smallest absolute Gasteiger partial charge is 0.356 e. The van der Waals surface area contributed by atoms with Crippen molar-refractivity contribution in [2.75, 3.05) is 5.73 Å². The van der Waals surface area contributed by atoms with Gasteiger partial charge in [-0.05, 0) is 12.1 Å². The van der Waals surface area contributed by atoms with E-state index in [0.717, 1.165) is 4.68 Å². The number of aromatic carboxylic acids is 1. The molecule has 0 aliphatic heterocycles. The van der Waals surface area contributed by atoms with Crippen LogP contribution in [0.5, 0.6) is 0 Å². The standard InChI is InChI=1S/C11H10N4O3/c12-7-8(10(13)16)14-15(9(7)11(17)18)6-4-2-1-3-5-6/h1-5H,12H2,(H2,13,16)(H,17,18). The number of nitrogen functional groups attached to an aromatic ring is 1. The average Bonchev–Trinajstić information content (AvgIpc) is 2.68. The Hall–Kier alpha value is -2.83. The van der Waals surface area contributed by atoms with E-state index in [1.807, 2.05) is 0 Å². The first-order valence-electron chi connectivity index (χ1n) is 4.99. The van der Waals surface area contributed by atoms with Crippen LogP contribution in [-0.4, -0.2) is 26.8 Å². The summed E-state index contributed by atoms with van der Waals surface area (Å²) >= 11 is 0. The van der Waals surface area contributed by atoms with Gasteiger partial charge in [-0.2, -0.15) is 5.10 Å². The van der Waals surface area contributed by atoms with Gasteiger partial charge in [-0.3, -0.25) is 4.79 Å². The van der Waals surface area contributed by atoms with Crippen LogP contribution in [0, 0.1) is 0 Å². The zero-order valence-corrected chi connectivity index (χ0v) is 9.20. The summed E-state index contributed by atoms with van der Waals surface area (Å²) < 4.78 is 1.08. The summed E-state index contributed by atoms with van der Waals surface area (Å²) in [6.45, 7) is 0. The van der Waals surface area contributed by atoms with E-state index in [1.165, 1.54) is 0 Å². The molecule has 0 unspecified atom stereocenters. The second kappa shape index (κ2) is 4.21. The number of amides is 1. The third-order valence-electron chi connectivity index (χ3n) is 2.36. The summed E-state index contributed by atoms with van der Waals surface area (Å²) in [5.41, 5.74) is 10.4. The molecule has 0 bridgehead atoms. The Kier molecular flexibility index (Phi) is 2.72. The van der Waals surface area contributed by atoms with Crippen LogP contribution < -0.4 is 11.5 Å². The number of carbonyl (C=O) groups excluding carboxylic acids is 1. The number of benzene rings is 1. The number of carboxylic acid groups (broad SMARTS) is 1. The molecular formula is C11H10N4O3. The molecule has 7 heteroatoms. The van der Waals surface area contributed by atoms with Gasteiger partial charge in [0.2, 0.25) is 0 Å². The maximum Gasteiger partial charge on any atom is 0.356 e. The number of carbonyl (C=O) groups is 2. The monoisotopic (exact) mass is 246 g/mol. The lowest BCUT2D eigenvalue weighted by Gasteiger charge is -2.03. The van der Waals surface area contributed by atoms with Crippen molar-refractivity contribution in [1.29, 1.82) is 0 Å². The fraction of sp³-hybridized carbons (Fsp3) is 0. The largest absolute Gasteiger partial charge is 0.476 e. The lowest BCUT2D eigenvalue weighted by Crippen LogP contribution is -2.14. The van der Waals surface area contributed by atoms with E-state index in [2.05, 4.69) is 5.10 Å². The summed E-state index contributed by atoms with van der Waals surface area (Å²) in [4.78, 5) is 22.3. The Balaban J connectivity index is 2.71. The van der Waals surface area contributed by atoms with Gasteiger partial charge in [0.05, 0.1) is 11.4 Å². The van der Waals surface area contributed by atoms with Crippen LogP contribution in [0.15, 0.2) is 30.3 Å². The van der Waals surface area contributed by atoms with Gasteiger partial charge in [0.25, 0.3) is 5.91 Å². The number of primary amides is 1. The summed E-state index contributed by atoms with van der Waals surface area (Å²) in [5, 5.41) is 12.9. The molecule has 0 radical (unpaired) electrons. The van der Waals surface area contributed by atoms with Crippen molar-refractivity contribution in [3.05, 3.63) is 41.7 Å². The maximum atomic E-state index is 11.2. The summed E-state index contributed by atoms with van der Waals surface area (Å²) in [6, 6.07) is 8.48. The minimum Gasteiger partial charge on any atom is -0.476 e. The Morgan fingerprint density at radius 3 is 2.33 bits per heavy atom. The Labute approximate surface area is 102 Å². The second-order valence-corrected chi connectivity index (χ2v) is 3.53. The van der Waals surface area contributed by atoms with Crippen LogP contribution in [0.3, 0.4) is 0 Å². The molecule has 2 aromatic rings. The molecule has 0 fully saturated rings. The lowest BCUT2D eigenvalue weighted by molar-refractivity contribution is 0.0688. The molecule has 92 valence electrons. The normalized spacial score (nSPS) is 10.2. The van der Waals surface area contributed by atoms with Crippen molar-refractivity contribution in [2.24, 2.45) is 5.73 Å². The van der Waals surface area contributed by atoms with Gasteiger partial charge in [-0.25, -0.2) is 9.48 Å². The Bertz CT molecular complexity index is 619. The number of nitrogens with zero attached hydrogens (tertiary/aromatic N) is 2. The molecule has 0 aliphatic rings. The van der Waals surface area contributed by atoms with E-state index in [0.29, 0.717) is 5.69 Å². The first-order chi connectivity index (χ1) is 8.52. The molecule has 1 amide bonds. The summed E-state index contributed by atoms with van der Waals surface area (Å²) in [6.07, 6.45) is 0. The van der Waals surface area contributed by atoms with Gasteiger partial charge in [0, 0.05) is 0 Å². The number of anilines is 1. The fourth-order valence-electron chi connectivity index (χ4n) is 1.57. The molecule has 0 saturated carbocycles. The number of nitrogens with two attached hydrogens (primary N) is 2. The molecule has 1 heterocycles. The molecule has 0 aliphatic carbocycles.